The molecule has 160 valence electrons. The molecular formula is C22H19F2N3O3S. The van der Waals surface area contributed by atoms with Gasteiger partial charge in [0.2, 0.25) is 5.91 Å². The van der Waals surface area contributed by atoms with Gasteiger partial charge in [0.25, 0.3) is 0 Å². The molecule has 2 aromatic carbocycles. The maximum atomic E-state index is 14.0. The predicted octanol–water partition coefficient (Wildman–Crippen LogP) is 4.83. The Labute approximate surface area is 181 Å². The van der Waals surface area contributed by atoms with E-state index in [-0.39, 0.29) is 23.0 Å². The number of amides is 2. The second-order valence-corrected chi connectivity index (χ2v) is 7.87. The van der Waals surface area contributed by atoms with Gasteiger partial charge in [0.15, 0.2) is 5.13 Å². The van der Waals surface area contributed by atoms with Crippen molar-refractivity contribution in [3.8, 4) is 11.3 Å². The quantitative estimate of drug-likeness (QED) is 0.613. The van der Waals surface area contributed by atoms with Gasteiger partial charge < -0.3 is 10.1 Å². The van der Waals surface area contributed by atoms with Gasteiger partial charge >= 0.3 is 6.09 Å². The number of aromatic nitrogens is 1. The molecule has 9 heteroatoms. The molecule has 3 aromatic rings. The van der Waals surface area contributed by atoms with Crippen LogP contribution >= 0.6 is 11.3 Å². The number of anilines is 1. The van der Waals surface area contributed by atoms with E-state index in [1.54, 1.807) is 0 Å². The molecule has 1 unspecified atom stereocenters. The summed E-state index contributed by atoms with van der Waals surface area (Å²) < 4.78 is 33.3. The van der Waals surface area contributed by atoms with Gasteiger partial charge in [-0.05, 0) is 30.5 Å². The van der Waals surface area contributed by atoms with Crippen LogP contribution in [0.3, 0.4) is 0 Å². The molecule has 0 bridgehead atoms. The van der Waals surface area contributed by atoms with Crippen molar-refractivity contribution in [2.75, 3.05) is 11.9 Å². The van der Waals surface area contributed by atoms with Crippen LogP contribution in [0.4, 0.5) is 18.7 Å². The first-order valence-corrected chi connectivity index (χ1v) is 10.6. The van der Waals surface area contributed by atoms with Crippen LogP contribution in [-0.2, 0) is 16.1 Å². The Morgan fingerprint density at radius 3 is 2.61 bits per heavy atom. The summed E-state index contributed by atoms with van der Waals surface area (Å²) in [6.07, 6.45) is 0.601. The van der Waals surface area contributed by atoms with E-state index in [1.807, 2.05) is 30.3 Å². The molecule has 0 aliphatic carbocycles. The third-order valence-corrected chi connectivity index (χ3v) is 5.71. The molecule has 1 N–H and O–H groups in total. The molecular weight excluding hydrogens is 424 g/mol. The summed E-state index contributed by atoms with van der Waals surface area (Å²) in [6.45, 7) is 0.532. The van der Waals surface area contributed by atoms with Crippen molar-refractivity contribution in [1.82, 2.24) is 9.88 Å². The maximum absolute atomic E-state index is 14.0. The second-order valence-electron chi connectivity index (χ2n) is 7.02. The molecule has 6 nitrogen and oxygen atoms in total. The SMILES string of the molecule is O=C(Nc1nc(-c2c(F)cccc2F)cs1)C1CCCN1C(=O)OCc1ccccc1. The number of thiazole rings is 1. The van der Waals surface area contributed by atoms with Crippen LogP contribution < -0.4 is 5.32 Å². The summed E-state index contributed by atoms with van der Waals surface area (Å²) >= 11 is 1.05. The van der Waals surface area contributed by atoms with E-state index in [0.717, 1.165) is 29.0 Å². The Hall–Kier alpha value is -3.33. The highest BCUT2D eigenvalue weighted by Crippen LogP contribution is 2.30. The summed E-state index contributed by atoms with van der Waals surface area (Å²) in [7, 11) is 0. The Bertz CT molecular complexity index is 1070. The van der Waals surface area contributed by atoms with E-state index in [1.165, 1.54) is 16.3 Å². The lowest BCUT2D eigenvalue weighted by molar-refractivity contribution is -0.120. The minimum Gasteiger partial charge on any atom is -0.445 e. The molecule has 0 radical (unpaired) electrons. The Kier molecular flexibility index (Phi) is 6.22. The van der Waals surface area contributed by atoms with E-state index in [4.69, 9.17) is 4.74 Å². The van der Waals surface area contributed by atoms with Crippen LogP contribution in [0.15, 0.2) is 53.9 Å². The van der Waals surface area contributed by atoms with Crippen LogP contribution in [0.1, 0.15) is 18.4 Å². The normalized spacial score (nSPS) is 15.7. The molecule has 1 atom stereocenters. The van der Waals surface area contributed by atoms with E-state index in [0.29, 0.717) is 19.4 Å². The summed E-state index contributed by atoms with van der Waals surface area (Å²) in [4.78, 5) is 30.7. The number of benzene rings is 2. The number of carbonyl (C=O) groups is 2. The topological polar surface area (TPSA) is 71.5 Å². The van der Waals surface area contributed by atoms with Crippen molar-refractivity contribution in [2.45, 2.75) is 25.5 Å². The van der Waals surface area contributed by atoms with Crippen molar-refractivity contribution < 1.29 is 23.1 Å². The molecule has 1 fully saturated rings. The highest BCUT2D eigenvalue weighted by Gasteiger charge is 2.35. The zero-order valence-electron chi connectivity index (χ0n) is 16.4. The van der Waals surface area contributed by atoms with Crippen LogP contribution in [0.5, 0.6) is 0 Å². The van der Waals surface area contributed by atoms with E-state index in [2.05, 4.69) is 10.3 Å². The van der Waals surface area contributed by atoms with Crippen LogP contribution in [0.2, 0.25) is 0 Å². The molecule has 2 amide bonds. The van der Waals surface area contributed by atoms with Crippen LogP contribution in [0, 0.1) is 11.6 Å². The zero-order valence-corrected chi connectivity index (χ0v) is 17.2. The van der Waals surface area contributed by atoms with Crippen LogP contribution in [0.25, 0.3) is 11.3 Å². The first-order chi connectivity index (χ1) is 15.0. The lowest BCUT2D eigenvalue weighted by Crippen LogP contribution is -2.43. The molecule has 1 aliphatic heterocycles. The molecule has 2 heterocycles. The minimum atomic E-state index is -0.730. The molecule has 4 rings (SSSR count). The number of hydrogen-bond donors (Lipinski definition) is 1. The summed E-state index contributed by atoms with van der Waals surface area (Å²) in [5, 5.41) is 4.32. The number of nitrogens with one attached hydrogen (secondary N) is 1. The third kappa shape index (κ3) is 4.72. The smallest absolute Gasteiger partial charge is 0.410 e. The molecule has 0 saturated carbocycles. The lowest BCUT2D eigenvalue weighted by Gasteiger charge is -2.22. The summed E-state index contributed by atoms with van der Waals surface area (Å²) in [6, 6.07) is 12.1. The van der Waals surface area contributed by atoms with Gasteiger partial charge in [-0.25, -0.2) is 18.6 Å². The highest BCUT2D eigenvalue weighted by molar-refractivity contribution is 7.14. The van der Waals surface area contributed by atoms with Gasteiger partial charge in [-0.2, -0.15) is 0 Å². The Balaban J connectivity index is 1.40. The molecule has 1 aliphatic rings. The number of rotatable bonds is 5. The largest absolute Gasteiger partial charge is 0.445 e. The third-order valence-electron chi connectivity index (χ3n) is 4.95. The summed E-state index contributed by atoms with van der Waals surface area (Å²) in [5.41, 5.74) is 0.708. The van der Waals surface area contributed by atoms with Gasteiger partial charge in [-0.15, -0.1) is 11.3 Å². The fourth-order valence-corrected chi connectivity index (χ4v) is 4.14. The number of ether oxygens (including phenoxy) is 1. The Morgan fingerprint density at radius 1 is 1.13 bits per heavy atom. The number of hydrogen-bond acceptors (Lipinski definition) is 5. The minimum absolute atomic E-state index is 0.0986. The van der Waals surface area contributed by atoms with Crippen molar-refractivity contribution >= 4 is 28.5 Å². The average Bonchev–Trinajstić information content (AvgIpc) is 3.43. The van der Waals surface area contributed by atoms with Crippen molar-refractivity contribution in [1.29, 1.82) is 0 Å². The first kappa shape index (κ1) is 20.9. The average molecular weight is 443 g/mol. The number of likely N-dealkylation sites (tertiary alicyclic amines) is 1. The van der Waals surface area contributed by atoms with Crippen molar-refractivity contribution in [3.05, 3.63) is 71.1 Å². The zero-order chi connectivity index (χ0) is 21.8. The van der Waals surface area contributed by atoms with Gasteiger partial charge in [0.05, 0.1) is 11.3 Å². The number of halogens is 2. The van der Waals surface area contributed by atoms with Crippen LogP contribution in [-0.4, -0.2) is 34.5 Å². The molecule has 1 aromatic heterocycles. The predicted molar refractivity (Wildman–Crippen MR) is 112 cm³/mol. The van der Waals surface area contributed by atoms with E-state index >= 15 is 0 Å². The monoisotopic (exact) mass is 443 g/mol. The number of nitrogens with zero attached hydrogens (tertiary/aromatic N) is 2. The van der Waals surface area contributed by atoms with Gasteiger partial charge in [0.1, 0.15) is 24.3 Å². The first-order valence-electron chi connectivity index (χ1n) is 9.71. The van der Waals surface area contributed by atoms with Crippen molar-refractivity contribution in [3.63, 3.8) is 0 Å². The summed E-state index contributed by atoms with van der Waals surface area (Å²) in [5.74, 6) is -1.87. The Morgan fingerprint density at radius 2 is 1.87 bits per heavy atom. The fourth-order valence-electron chi connectivity index (χ4n) is 3.44. The highest BCUT2D eigenvalue weighted by atomic mass is 32.1. The molecule has 1 saturated heterocycles. The maximum Gasteiger partial charge on any atom is 0.410 e. The second kappa shape index (κ2) is 9.22. The van der Waals surface area contributed by atoms with Crippen molar-refractivity contribution in [2.24, 2.45) is 0 Å². The van der Waals surface area contributed by atoms with Gasteiger partial charge in [0, 0.05) is 11.9 Å². The molecule has 31 heavy (non-hydrogen) atoms. The fraction of sp³-hybridized carbons (Fsp3) is 0.227. The standard InChI is InChI=1S/C22H19F2N3O3S/c23-15-8-4-9-16(24)19(15)17-13-31-21(25-17)26-20(28)18-10-5-11-27(18)22(29)30-12-14-6-2-1-3-7-14/h1-4,6-9,13,18H,5,10-12H2,(H,25,26,28). The van der Waals surface area contributed by atoms with E-state index in [9.17, 15) is 18.4 Å². The number of carbonyl (C=O) groups excluding carboxylic acids is 2. The van der Waals surface area contributed by atoms with Gasteiger partial charge in [-0.1, -0.05) is 36.4 Å². The molecule has 0 spiro atoms. The lowest BCUT2D eigenvalue weighted by atomic mass is 10.1. The van der Waals surface area contributed by atoms with Gasteiger partial charge in [-0.3, -0.25) is 9.69 Å². The van der Waals surface area contributed by atoms with E-state index < -0.39 is 29.7 Å².